The quantitative estimate of drug-likeness (QED) is 0.760. The van der Waals surface area contributed by atoms with Gasteiger partial charge in [0, 0.05) is 42.3 Å². The van der Waals surface area contributed by atoms with Crippen LogP contribution in [0.25, 0.3) is 0 Å². The SMILES string of the molecule is CC1(C)CCC(=NC2=CC=C(N3CCOCC3)C=CC2)C=C(NCC(=O)O)C1. The van der Waals surface area contributed by atoms with Gasteiger partial charge in [-0.1, -0.05) is 19.9 Å². The van der Waals surface area contributed by atoms with Gasteiger partial charge in [-0.25, -0.2) is 0 Å². The van der Waals surface area contributed by atoms with E-state index in [9.17, 15) is 4.79 Å². The smallest absolute Gasteiger partial charge is 0.322 e. The number of ether oxygens (including phenoxy) is 1. The maximum absolute atomic E-state index is 10.9. The molecule has 0 aromatic rings. The lowest BCUT2D eigenvalue weighted by molar-refractivity contribution is -0.135. The maximum atomic E-state index is 10.9. The third-order valence-corrected chi connectivity index (χ3v) is 5.26. The Kier molecular flexibility index (Phi) is 6.73. The molecule has 0 atom stereocenters. The van der Waals surface area contributed by atoms with Crippen molar-refractivity contribution in [3.8, 4) is 0 Å². The van der Waals surface area contributed by atoms with Crippen molar-refractivity contribution in [1.29, 1.82) is 0 Å². The third kappa shape index (κ3) is 6.09. The van der Waals surface area contributed by atoms with Crippen molar-refractivity contribution in [3.05, 3.63) is 47.5 Å². The number of allylic oxidation sites excluding steroid dienone is 6. The molecule has 2 aliphatic carbocycles. The molecule has 2 N–H and O–H groups in total. The van der Waals surface area contributed by atoms with Crippen LogP contribution in [0.1, 0.15) is 39.5 Å². The predicted octanol–water partition coefficient (Wildman–Crippen LogP) is 3.26. The molecule has 0 bridgehead atoms. The van der Waals surface area contributed by atoms with E-state index < -0.39 is 5.97 Å². The van der Waals surface area contributed by atoms with Crippen molar-refractivity contribution < 1.29 is 14.6 Å². The van der Waals surface area contributed by atoms with E-state index in [-0.39, 0.29) is 12.0 Å². The van der Waals surface area contributed by atoms with Gasteiger partial charge in [-0.15, -0.1) is 0 Å². The number of rotatable bonds is 5. The number of morpholine rings is 1. The van der Waals surface area contributed by atoms with Crippen LogP contribution in [0.2, 0.25) is 0 Å². The van der Waals surface area contributed by atoms with Crippen LogP contribution in [0.15, 0.2) is 52.5 Å². The van der Waals surface area contributed by atoms with E-state index in [0.29, 0.717) is 0 Å². The summed E-state index contributed by atoms with van der Waals surface area (Å²) in [5, 5.41) is 12.0. The van der Waals surface area contributed by atoms with Crippen LogP contribution in [-0.2, 0) is 9.53 Å². The zero-order chi connectivity index (χ0) is 20.0. The molecular formula is C22H31N3O3. The van der Waals surface area contributed by atoms with Gasteiger partial charge in [0.25, 0.3) is 0 Å². The summed E-state index contributed by atoms with van der Waals surface area (Å²) in [5.41, 5.74) is 4.33. The summed E-state index contributed by atoms with van der Waals surface area (Å²) in [7, 11) is 0. The van der Waals surface area contributed by atoms with Gasteiger partial charge in [-0.05, 0) is 49.0 Å². The number of nitrogens with one attached hydrogen (secondary N) is 1. The molecular weight excluding hydrogens is 354 g/mol. The van der Waals surface area contributed by atoms with E-state index in [0.717, 1.165) is 69.1 Å². The van der Waals surface area contributed by atoms with Crippen molar-refractivity contribution in [2.24, 2.45) is 10.4 Å². The Hall–Kier alpha value is -2.34. The topological polar surface area (TPSA) is 74.2 Å². The average molecular weight is 386 g/mol. The molecule has 0 aromatic carbocycles. The Labute approximate surface area is 167 Å². The predicted molar refractivity (Wildman–Crippen MR) is 111 cm³/mol. The van der Waals surface area contributed by atoms with Crippen molar-refractivity contribution in [2.75, 3.05) is 32.8 Å². The molecule has 6 heteroatoms. The minimum absolute atomic E-state index is 0.0632. The molecule has 28 heavy (non-hydrogen) atoms. The van der Waals surface area contributed by atoms with Crippen molar-refractivity contribution >= 4 is 11.7 Å². The highest BCUT2D eigenvalue weighted by molar-refractivity contribution is 5.96. The fraction of sp³-hybridized carbons (Fsp3) is 0.545. The molecule has 3 aliphatic rings. The maximum Gasteiger partial charge on any atom is 0.322 e. The molecule has 1 heterocycles. The minimum atomic E-state index is -0.848. The molecule has 0 radical (unpaired) electrons. The Morgan fingerprint density at radius 1 is 1.32 bits per heavy atom. The normalized spacial score (nSPS) is 24.0. The van der Waals surface area contributed by atoms with Crippen molar-refractivity contribution in [2.45, 2.75) is 39.5 Å². The van der Waals surface area contributed by atoms with Crippen LogP contribution in [0, 0.1) is 5.41 Å². The first-order valence-electron chi connectivity index (χ1n) is 10.1. The first-order valence-corrected chi connectivity index (χ1v) is 10.1. The fourth-order valence-electron chi connectivity index (χ4n) is 3.69. The number of carboxylic acid groups (broad SMARTS) is 1. The molecule has 0 unspecified atom stereocenters. The number of nitrogens with zero attached hydrogens (tertiary/aromatic N) is 2. The molecule has 0 saturated carbocycles. The molecule has 152 valence electrons. The van der Waals surface area contributed by atoms with Gasteiger partial charge in [0.05, 0.1) is 13.2 Å². The van der Waals surface area contributed by atoms with Crippen LogP contribution >= 0.6 is 0 Å². The summed E-state index contributed by atoms with van der Waals surface area (Å²) in [6, 6.07) is 0. The Morgan fingerprint density at radius 2 is 2.11 bits per heavy atom. The number of hydrogen-bond donors (Lipinski definition) is 2. The van der Waals surface area contributed by atoms with Gasteiger partial charge < -0.3 is 20.1 Å². The summed E-state index contributed by atoms with van der Waals surface area (Å²) >= 11 is 0. The summed E-state index contributed by atoms with van der Waals surface area (Å²) in [6.07, 6.45) is 14.2. The number of hydrogen-bond acceptors (Lipinski definition) is 5. The van der Waals surface area contributed by atoms with Gasteiger partial charge in [0.2, 0.25) is 0 Å². The molecule has 1 fully saturated rings. The first kappa shape index (κ1) is 20.4. The van der Waals surface area contributed by atoms with E-state index >= 15 is 0 Å². The van der Waals surface area contributed by atoms with E-state index in [1.807, 2.05) is 6.08 Å². The van der Waals surface area contributed by atoms with Crippen LogP contribution in [-0.4, -0.2) is 54.5 Å². The van der Waals surface area contributed by atoms with Gasteiger partial charge in [-0.2, -0.15) is 0 Å². The molecule has 6 nitrogen and oxygen atoms in total. The lowest BCUT2D eigenvalue weighted by Gasteiger charge is -2.29. The average Bonchev–Trinajstić information content (AvgIpc) is 2.97. The number of aliphatic carboxylic acids is 1. The minimum Gasteiger partial charge on any atom is -0.480 e. The summed E-state index contributed by atoms with van der Waals surface area (Å²) in [5.74, 6) is -0.848. The largest absolute Gasteiger partial charge is 0.480 e. The van der Waals surface area contributed by atoms with Crippen LogP contribution in [0.5, 0.6) is 0 Å². The first-order chi connectivity index (χ1) is 13.4. The number of carboxylic acids is 1. The number of carbonyl (C=O) groups is 1. The highest BCUT2D eigenvalue weighted by atomic mass is 16.5. The van der Waals surface area contributed by atoms with Crippen molar-refractivity contribution in [3.63, 3.8) is 0 Å². The van der Waals surface area contributed by atoms with E-state index in [2.05, 4.69) is 48.4 Å². The lowest BCUT2D eigenvalue weighted by atomic mass is 9.84. The Bertz CT molecular complexity index is 738. The molecule has 1 aliphatic heterocycles. The summed E-state index contributed by atoms with van der Waals surface area (Å²) in [6.45, 7) is 7.77. The van der Waals surface area contributed by atoms with Crippen LogP contribution in [0.3, 0.4) is 0 Å². The summed E-state index contributed by atoms with van der Waals surface area (Å²) in [4.78, 5) is 18.2. The third-order valence-electron chi connectivity index (χ3n) is 5.26. The van der Waals surface area contributed by atoms with Gasteiger partial charge >= 0.3 is 5.97 Å². The van der Waals surface area contributed by atoms with Gasteiger partial charge in [0.15, 0.2) is 0 Å². The zero-order valence-electron chi connectivity index (χ0n) is 16.9. The Morgan fingerprint density at radius 3 is 2.86 bits per heavy atom. The molecule has 3 rings (SSSR count). The van der Waals surface area contributed by atoms with Gasteiger partial charge in [-0.3, -0.25) is 9.79 Å². The molecule has 1 saturated heterocycles. The lowest BCUT2D eigenvalue weighted by Crippen LogP contribution is -2.35. The van der Waals surface area contributed by atoms with Crippen LogP contribution < -0.4 is 5.32 Å². The van der Waals surface area contributed by atoms with E-state index in [4.69, 9.17) is 14.8 Å². The Balaban J connectivity index is 1.77. The van der Waals surface area contributed by atoms with Crippen LogP contribution in [0.4, 0.5) is 0 Å². The molecule has 0 amide bonds. The second-order valence-electron chi connectivity index (χ2n) is 8.32. The second-order valence-corrected chi connectivity index (χ2v) is 8.32. The van der Waals surface area contributed by atoms with Gasteiger partial charge in [0.1, 0.15) is 6.54 Å². The zero-order valence-corrected chi connectivity index (χ0v) is 16.9. The molecule has 0 spiro atoms. The van der Waals surface area contributed by atoms with E-state index in [1.54, 1.807) is 0 Å². The highest BCUT2D eigenvalue weighted by Crippen LogP contribution is 2.33. The monoisotopic (exact) mass is 385 g/mol. The fourth-order valence-corrected chi connectivity index (χ4v) is 3.69. The highest BCUT2D eigenvalue weighted by Gasteiger charge is 2.24. The number of aliphatic imine (C=N–C) groups is 1. The summed E-state index contributed by atoms with van der Waals surface area (Å²) < 4.78 is 5.44. The standard InChI is InChI=1S/C22H31N3O3/c1-22(2)9-8-18(14-19(15-22)23-16-21(26)27)24-17-4-3-5-20(7-6-17)25-10-12-28-13-11-25/h3,5-7,14,23H,4,8-13,15-16H2,1-2H3,(H,26,27). The second kappa shape index (κ2) is 9.24. The van der Waals surface area contributed by atoms with Crippen molar-refractivity contribution in [1.82, 2.24) is 10.2 Å². The molecule has 0 aromatic heterocycles. The van der Waals surface area contributed by atoms with E-state index in [1.165, 1.54) is 5.70 Å².